The third-order valence-corrected chi connectivity index (χ3v) is 5.95. The summed E-state index contributed by atoms with van der Waals surface area (Å²) < 4.78 is 10.9. The average Bonchev–Trinajstić information content (AvgIpc) is 2.80. The predicted octanol–water partition coefficient (Wildman–Crippen LogP) is 4.46. The molecule has 2 aromatic carbocycles. The van der Waals surface area contributed by atoms with Gasteiger partial charge in [-0.2, -0.15) is 0 Å². The van der Waals surface area contributed by atoms with Crippen LogP contribution in [-0.4, -0.2) is 43.2 Å². The number of methoxy groups -OCH3 is 2. The second-order valence-electron chi connectivity index (χ2n) is 7.62. The SMILES string of the molecule is COc1cc(Cl)c(C)cc1NC(=O)[C@@H]1CCCN(c2nc3ccccc3nc2OC)C1. The van der Waals surface area contributed by atoms with Gasteiger partial charge in [0.25, 0.3) is 5.88 Å². The number of nitrogens with zero attached hydrogens (tertiary/aromatic N) is 3. The van der Waals surface area contributed by atoms with Gasteiger partial charge in [0.1, 0.15) is 5.75 Å². The molecule has 1 atom stereocenters. The molecule has 0 unspecified atom stereocenters. The molecule has 1 saturated heterocycles. The topological polar surface area (TPSA) is 76.6 Å². The van der Waals surface area contributed by atoms with E-state index in [1.807, 2.05) is 37.3 Å². The number of piperidine rings is 1. The van der Waals surface area contributed by atoms with E-state index in [-0.39, 0.29) is 11.8 Å². The molecule has 0 aliphatic carbocycles. The van der Waals surface area contributed by atoms with Gasteiger partial charge >= 0.3 is 0 Å². The lowest BCUT2D eigenvalue weighted by Gasteiger charge is -2.33. The van der Waals surface area contributed by atoms with Crippen molar-refractivity contribution in [1.29, 1.82) is 0 Å². The molecule has 1 aliphatic rings. The zero-order valence-corrected chi connectivity index (χ0v) is 18.6. The van der Waals surface area contributed by atoms with Crippen LogP contribution in [0.15, 0.2) is 36.4 Å². The molecule has 0 radical (unpaired) electrons. The quantitative estimate of drug-likeness (QED) is 0.631. The molecular formula is C23H25ClN4O3. The number of hydrogen-bond acceptors (Lipinski definition) is 6. The van der Waals surface area contributed by atoms with Crippen molar-refractivity contribution < 1.29 is 14.3 Å². The number of benzene rings is 2. The molecule has 7 nitrogen and oxygen atoms in total. The average molecular weight is 441 g/mol. The molecule has 3 aromatic rings. The van der Waals surface area contributed by atoms with Gasteiger partial charge in [-0.05, 0) is 43.5 Å². The van der Waals surface area contributed by atoms with Gasteiger partial charge in [0.05, 0.1) is 36.9 Å². The van der Waals surface area contributed by atoms with Gasteiger partial charge in [-0.3, -0.25) is 4.79 Å². The lowest BCUT2D eigenvalue weighted by Crippen LogP contribution is -2.41. The Morgan fingerprint density at radius 2 is 1.90 bits per heavy atom. The summed E-state index contributed by atoms with van der Waals surface area (Å²) >= 11 is 6.18. The summed E-state index contributed by atoms with van der Waals surface area (Å²) in [6.45, 7) is 3.21. The predicted molar refractivity (Wildman–Crippen MR) is 122 cm³/mol. The van der Waals surface area contributed by atoms with E-state index in [0.717, 1.165) is 36.0 Å². The second-order valence-corrected chi connectivity index (χ2v) is 8.03. The summed E-state index contributed by atoms with van der Waals surface area (Å²) in [6.07, 6.45) is 1.66. The highest BCUT2D eigenvalue weighted by Gasteiger charge is 2.29. The molecule has 0 spiro atoms. The summed E-state index contributed by atoms with van der Waals surface area (Å²) in [4.78, 5) is 24.5. The van der Waals surface area contributed by atoms with Crippen LogP contribution < -0.4 is 19.7 Å². The minimum Gasteiger partial charge on any atom is -0.495 e. The number of anilines is 2. The summed E-state index contributed by atoms with van der Waals surface area (Å²) in [7, 11) is 3.15. The van der Waals surface area contributed by atoms with Crippen molar-refractivity contribution in [3.05, 3.63) is 47.0 Å². The third-order valence-electron chi connectivity index (χ3n) is 5.55. The van der Waals surface area contributed by atoms with Crippen LogP contribution >= 0.6 is 11.6 Å². The molecule has 1 fully saturated rings. The number of fused-ring (bicyclic) bond motifs is 1. The van der Waals surface area contributed by atoms with E-state index in [1.165, 1.54) is 0 Å². The Morgan fingerprint density at radius 1 is 1.16 bits per heavy atom. The smallest absolute Gasteiger partial charge is 0.257 e. The molecule has 31 heavy (non-hydrogen) atoms. The van der Waals surface area contributed by atoms with E-state index >= 15 is 0 Å². The van der Waals surface area contributed by atoms with Gasteiger partial charge < -0.3 is 19.7 Å². The molecule has 1 amide bonds. The molecule has 2 heterocycles. The molecule has 0 bridgehead atoms. The number of aryl methyl sites for hydroxylation is 1. The Kier molecular flexibility index (Phi) is 6.13. The van der Waals surface area contributed by atoms with Crippen molar-refractivity contribution in [2.24, 2.45) is 5.92 Å². The first-order valence-corrected chi connectivity index (χ1v) is 10.6. The maximum absolute atomic E-state index is 13.1. The van der Waals surface area contributed by atoms with Gasteiger partial charge in [0, 0.05) is 24.2 Å². The van der Waals surface area contributed by atoms with Crippen molar-refractivity contribution >= 4 is 40.0 Å². The van der Waals surface area contributed by atoms with E-state index in [4.69, 9.17) is 26.1 Å². The number of hydrogen-bond donors (Lipinski definition) is 1. The summed E-state index contributed by atoms with van der Waals surface area (Å²) in [5, 5.41) is 3.61. The van der Waals surface area contributed by atoms with Crippen molar-refractivity contribution in [1.82, 2.24) is 9.97 Å². The second kappa shape index (κ2) is 8.98. The molecule has 1 N–H and O–H groups in total. The van der Waals surface area contributed by atoms with E-state index in [9.17, 15) is 4.79 Å². The number of carbonyl (C=O) groups is 1. The van der Waals surface area contributed by atoms with Gasteiger partial charge in [-0.1, -0.05) is 23.7 Å². The highest BCUT2D eigenvalue weighted by molar-refractivity contribution is 6.31. The fraction of sp³-hybridized carbons (Fsp3) is 0.348. The normalized spacial score (nSPS) is 16.3. The van der Waals surface area contributed by atoms with Crippen molar-refractivity contribution in [3.63, 3.8) is 0 Å². The van der Waals surface area contributed by atoms with Crippen LogP contribution in [-0.2, 0) is 4.79 Å². The first kappa shape index (κ1) is 21.2. The van der Waals surface area contributed by atoms with Crippen LogP contribution in [0.4, 0.5) is 11.5 Å². The largest absolute Gasteiger partial charge is 0.495 e. The number of amides is 1. The maximum Gasteiger partial charge on any atom is 0.257 e. The highest BCUT2D eigenvalue weighted by Crippen LogP contribution is 2.33. The van der Waals surface area contributed by atoms with E-state index in [2.05, 4.69) is 15.2 Å². The number of rotatable bonds is 5. The Balaban J connectivity index is 1.56. The molecule has 1 aromatic heterocycles. The van der Waals surface area contributed by atoms with Gasteiger partial charge in [0.15, 0.2) is 5.82 Å². The first-order chi connectivity index (χ1) is 15.0. The summed E-state index contributed by atoms with van der Waals surface area (Å²) in [5.41, 5.74) is 3.07. The van der Waals surface area contributed by atoms with Gasteiger partial charge in [-0.25, -0.2) is 9.97 Å². The van der Waals surface area contributed by atoms with Crippen molar-refractivity contribution in [3.8, 4) is 11.6 Å². The first-order valence-electron chi connectivity index (χ1n) is 10.2. The van der Waals surface area contributed by atoms with Crippen LogP contribution in [0.3, 0.4) is 0 Å². The highest BCUT2D eigenvalue weighted by atomic mass is 35.5. The standard InChI is InChI=1S/C23H25ClN4O3/c1-14-11-19(20(30-2)12-16(14)24)26-22(29)15-7-6-10-28(13-15)21-23(31-3)27-18-9-5-4-8-17(18)25-21/h4-5,8-9,11-12,15H,6-7,10,13H2,1-3H3,(H,26,29)/t15-/m1/s1. The molecule has 4 rings (SSSR count). The lowest BCUT2D eigenvalue weighted by molar-refractivity contribution is -0.120. The van der Waals surface area contributed by atoms with Crippen molar-refractivity contribution in [2.75, 3.05) is 37.5 Å². The zero-order valence-electron chi connectivity index (χ0n) is 17.8. The molecule has 0 saturated carbocycles. The molecule has 1 aliphatic heterocycles. The zero-order chi connectivity index (χ0) is 22.0. The maximum atomic E-state index is 13.1. The summed E-state index contributed by atoms with van der Waals surface area (Å²) in [6, 6.07) is 11.2. The van der Waals surface area contributed by atoms with Crippen LogP contribution in [0.1, 0.15) is 18.4 Å². The van der Waals surface area contributed by atoms with Crippen molar-refractivity contribution in [2.45, 2.75) is 19.8 Å². The Hall–Kier alpha value is -3.06. The Labute approximate surface area is 186 Å². The third kappa shape index (κ3) is 4.37. The number of nitrogens with one attached hydrogen (secondary N) is 1. The lowest BCUT2D eigenvalue weighted by atomic mass is 9.97. The summed E-state index contributed by atoms with van der Waals surface area (Å²) in [5.74, 6) is 1.41. The number of para-hydroxylation sites is 2. The van der Waals surface area contributed by atoms with Crippen LogP contribution in [0, 0.1) is 12.8 Å². The number of carbonyl (C=O) groups excluding carboxylic acids is 1. The minimum absolute atomic E-state index is 0.0579. The van der Waals surface area contributed by atoms with Gasteiger partial charge in [0.2, 0.25) is 5.91 Å². The van der Waals surface area contributed by atoms with Crippen LogP contribution in [0.5, 0.6) is 11.6 Å². The molecular weight excluding hydrogens is 416 g/mol. The van der Waals surface area contributed by atoms with E-state index < -0.39 is 0 Å². The minimum atomic E-state index is -0.201. The fourth-order valence-electron chi connectivity index (χ4n) is 3.87. The van der Waals surface area contributed by atoms with E-state index in [0.29, 0.717) is 34.7 Å². The van der Waals surface area contributed by atoms with Crippen LogP contribution in [0.2, 0.25) is 5.02 Å². The number of halogens is 1. The Bertz CT molecular complexity index is 1120. The monoisotopic (exact) mass is 440 g/mol. The molecule has 8 heteroatoms. The fourth-order valence-corrected chi connectivity index (χ4v) is 4.02. The van der Waals surface area contributed by atoms with E-state index in [1.54, 1.807) is 20.3 Å². The molecule has 162 valence electrons. The van der Waals surface area contributed by atoms with Gasteiger partial charge in [-0.15, -0.1) is 0 Å². The number of aromatic nitrogens is 2. The number of ether oxygens (including phenoxy) is 2. The van der Waals surface area contributed by atoms with Crippen LogP contribution in [0.25, 0.3) is 11.0 Å². The Morgan fingerprint density at radius 3 is 2.61 bits per heavy atom.